The molecule has 5 aliphatic heterocycles. The monoisotopic (exact) mass is 933 g/mol. The average molecular weight is 934 g/mol. The Bertz CT molecular complexity index is 2250. The van der Waals surface area contributed by atoms with Gasteiger partial charge in [0.15, 0.2) is 28.6 Å². The zero-order valence-electron chi connectivity index (χ0n) is 41.0. The molecule has 2 bridgehead atoms. The summed E-state index contributed by atoms with van der Waals surface area (Å²) < 4.78 is 50.8. The van der Waals surface area contributed by atoms with Gasteiger partial charge in [-0.2, -0.15) is 0 Å². The first-order valence-electron chi connectivity index (χ1n) is 24.0. The first kappa shape index (κ1) is 49.5. The zero-order chi connectivity index (χ0) is 48.5. The molecule has 3 aliphatic carbocycles. The topological polar surface area (TPSA) is 189 Å². The normalized spacial score (nSPS) is 36.5. The molecular weight excluding hydrogens is 863 g/mol. The second-order valence-electron chi connectivity index (χ2n) is 21.1. The molecule has 1 aromatic carbocycles. The largest absolute Gasteiger partial charge is 0.482 e. The number of allylic oxidation sites excluding steroid dienone is 4. The summed E-state index contributed by atoms with van der Waals surface area (Å²) >= 11 is 0. The Hall–Kier alpha value is -3.93. The van der Waals surface area contributed by atoms with Gasteiger partial charge in [0, 0.05) is 48.5 Å². The Morgan fingerprint density at radius 3 is 2.33 bits per heavy atom. The number of hydrogen-bond donors (Lipinski definition) is 3. The van der Waals surface area contributed by atoms with Crippen molar-refractivity contribution in [3.05, 3.63) is 57.7 Å². The van der Waals surface area contributed by atoms with Crippen LogP contribution in [0.1, 0.15) is 116 Å². The van der Waals surface area contributed by atoms with E-state index in [2.05, 4.69) is 11.0 Å². The van der Waals surface area contributed by atoms with Gasteiger partial charge >= 0.3 is 5.97 Å². The van der Waals surface area contributed by atoms with E-state index in [1.54, 1.807) is 20.8 Å². The molecule has 368 valence electrons. The van der Waals surface area contributed by atoms with Crippen LogP contribution in [0.15, 0.2) is 41.0 Å². The Balaban J connectivity index is 1.39. The van der Waals surface area contributed by atoms with Crippen molar-refractivity contribution in [1.29, 1.82) is 0 Å². The highest BCUT2D eigenvalue weighted by atomic mass is 16.8. The molecule has 6 fully saturated rings. The minimum Gasteiger partial charge on any atom is -0.482 e. The SMILES string of the molecule is COC(=O)/C(C)=C\CC1(O)C(=O)C2CC(C(C)C)C13Oc1c(CC=C(C)C)c4c(c(O[C@@H]5O[C@@H]6COC(C)(C)O[C@H]6[C@H](O)[C@H]5O)c1C(=O)C3C2N1CCOCC1)C=CC(C)(CCC=C(C)C)O4. The first-order valence-corrected chi connectivity index (χ1v) is 24.0. The standard InChI is InChI=1S/C52H71NO14/c1-27(2)13-12-18-50(10)19-17-32-42(66-50)31(15-14-28(3)4)44-36(43(32)64-48-41(56)40(55)45-35(63-48)26-62-49(8,9)65-45)39(54)37-38(53-21-23-61-24-22-53)33-25-34(29(5)6)52(37,67-44)51(59,46(33)57)20-16-30(7)47(58)60-11/h13-14,16-17,19,29,33-35,37-38,40-41,45,48,55-56,59H,12,15,18,20-26H2,1-11H3/b30-16-/t33?,34?,35-,37?,38?,40-,41-,45-,48+,50?,51?,52?/m1/s1. The summed E-state index contributed by atoms with van der Waals surface area (Å²) in [6, 6.07) is -0.702. The van der Waals surface area contributed by atoms with E-state index >= 15 is 9.59 Å². The number of fused-ring (bicyclic) bond motifs is 5. The van der Waals surface area contributed by atoms with Crippen molar-refractivity contribution >= 4 is 23.6 Å². The van der Waals surface area contributed by atoms with Crippen molar-refractivity contribution < 1.29 is 67.6 Å². The van der Waals surface area contributed by atoms with Crippen molar-refractivity contribution in [2.75, 3.05) is 40.0 Å². The third-order valence-electron chi connectivity index (χ3n) is 15.2. The highest BCUT2D eigenvalue weighted by Crippen LogP contribution is 2.66. The predicted octanol–water partition coefficient (Wildman–Crippen LogP) is 5.83. The highest BCUT2D eigenvalue weighted by molar-refractivity contribution is 6.10. The summed E-state index contributed by atoms with van der Waals surface area (Å²) in [5.41, 5.74) is -1.64. The number of aliphatic hydroxyl groups is 3. The van der Waals surface area contributed by atoms with E-state index in [-0.39, 0.29) is 48.0 Å². The molecule has 3 N–H and O–H groups in total. The number of hydrogen-bond acceptors (Lipinski definition) is 15. The van der Waals surface area contributed by atoms with E-state index in [9.17, 15) is 20.1 Å². The first-order chi connectivity index (χ1) is 31.6. The Labute approximate surface area is 394 Å². The fourth-order valence-electron chi connectivity index (χ4n) is 11.8. The van der Waals surface area contributed by atoms with Crippen LogP contribution in [-0.2, 0) is 39.7 Å². The number of rotatable bonds is 12. The Morgan fingerprint density at radius 2 is 1.67 bits per heavy atom. The van der Waals surface area contributed by atoms with E-state index in [4.69, 9.17) is 37.9 Å². The van der Waals surface area contributed by atoms with Crippen molar-refractivity contribution in [3.63, 3.8) is 0 Å². The van der Waals surface area contributed by atoms with Gasteiger partial charge in [-0.3, -0.25) is 14.5 Å². The van der Waals surface area contributed by atoms with Crippen LogP contribution in [0.25, 0.3) is 6.08 Å². The summed E-state index contributed by atoms with van der Waals surface area (Å²) in [7, 11) is 1.27. The fourth-order valence-corrected chi connectivity index (χ4v) is 11.8. The lowest BCUT2D eigenvalue weighted by atomic mass is 9.43. The van der Waals surface area contributed by atoms with E-state index in [1.165, 1.54) is 18.8 Å². The molecule has 7 unspecified atom stereocenters. The number of nitrogens with zero attached hydrogens (tertiary/aromatic N) is 1. The van der Waals surface area contributed by atoms with Crippen molar-refractivity contribution in [1.82, 2.24) is 4.90 Å². The second kappa shape index (κ2) is 18.4. The number of Topliss-reactive ketones (excluding diaryl/α,β-unsaturated/α-hetero) is 2. The van der Waals surface area contributed by atoms with Crippen molar-refractivity contribution in [2.24, 2.45) is 23.7 Å². The molecule has 5 heterocycles. The molecule has 3 saturated heterocycles. The molecule has 0 amide bonds. The number of aliphatic hydroxyl groups excluding tert-OH is 2. The van der Waals surface area contributed by atoms with Crippen LogP contribution in [-0.4, -0.2) is 137 Å². The molecule has 15 nitrogen and oxygen atoms in total. The highest BCUT2D eigenvalue weighted by Gasteiger charge is 2.79. The second-order valence-corrected chi connectivity index (χ2v) is 21.1. The molecule has 9 rings (SSSR count). The molecule has 12 atom stereocenters. The van der Waals surface area contributed by atoms with Gasteiger partial charge in [-0.15, -0.1) is 0 Å². The van der Waals surface area contributed by atoms with Crippen LogP contribution >= 0.6 is 0 Å². The lowest BCUT2D eigenvalue weighted by Crippen LogP contribution is -2.84. The van der Waals surface area contributed by atoms with Gasteiger partial charge in [0.2, 0.25) is 6.29 Å². The molecule has 67 heavy (non-hydrogen) atoms. The summed E-state index contributed by atoms with van der Waals surface area (Å²) in [5, 5.41) is 37.0. The molecule has 1 spiro atoms. The number of ketones is 2. The Kier molecular flexibility index (Phi) is 13.6. The van der Waals surface area contributed by atoms with Crippen LogP contribution in [0.3, 0.4) is 0 Å². The van der Waals surface area contributed by atoms with Crippen LogP contribution < -0.4 is 14.2 Å². The maximum Gasteiger partial charge on any atom is 0.333 e. The average Bonchev–Trinajstić information content (AvgIpc) is 3.27. The van der Waals surface area contributed by atoms with Crippen molar-refractivity contribution in [2.45, 2.75) is 161 Å². The van der Waals surface area contributed by atoms with Gasteiger partial charge in [-0.05, 0) is 99.1 Å². The quantitative estimate of drug-likeness (QED) is 0.129. The molecular formula is C52H71NO14. The maximum atomic E-state index is 16.6. The summed E-state index contributed by atoms with van der Waals surface area (Å²) in [4.78, 5) is 46.8. The number of benzene rings is 1. The Morgan fingerprint density at radius 1 is 0.970 bits per heavy atom. The predicted molar refractivity (Wildman–Crippen MR) is 247 cm³/mol. The number of carbonyl (C=O) groups excluding carboxylic acids is 3. The van der Waals surface area contributed by atoms with Gasteiger partial charge in [0.25, 0.3) is 0 Å². The third kappa shape index (κ3) is 8.53. The summed E-state index contributed by atoms with van der Waals surface area (Å²) in [6.45, 7) is 20.7. The van der Waals surface area contributed by atoms with Gasteiger partial charge < -0.3 is 53.2 Å². The number of methoxy groups -OCH3 is 1. The molecule has 8 aliphatic rings. The van der Waals surface area contributed by atoms with Crippen LogP contribution in [0.5, 0.6) is 17.2 Å². The van der Waals surface area contributed by atoms with Gasteiger partial charge in [-0.1, -0.05) is 43.2 Å². The van der Waals surface area contributed by atoms with Gasteiger partial charge in [-0.25, -0.2) is 4.79 Å². The van der Waals surface area contributed by atoms with Gasteiger partial charge in [0.1, 0.15) is 52.8 Å². The minimum absolute atomic E-state index is 0.0145. The third-order valence-corrected chi connectivity index (χ3v) is 15.2. The fraction of sp³-hybridized carbons (Fsp3) is 0.673. The van der Waals surface area contributed by atoms with Gasteiger partial charge in [0.05, 0.1) is 38.4 Å². The summed E-state index contributed by atoms with van der Waals surface area (Å²) in [6.07, 6.45) is 4.72. The minimum atomic E-state index is -2.29. The molecule has 1 aromatic rings. The molecule has 0 aromatic heterocycles. The van der Waals surface area contributed by atoms with E-state index in [1.807, 2.05) is 66.7 Å². The van der Waals surface area contributed by atoms with E-state index in [0.717, 1.165) is 5.57 Å². The number of carbonyl (C=O) groups is 3. The van der Waals surface area contributed by atoms with Crippen LogP contribution in [0.4, 0.5) is 0 Å². The van der Waals surface area contributed by atoms with Crippen LogP contribution in [0, 0.1) is 23.7 Å². The smallest absolute Gasteiger partial charge is 0.333 e. The lowest BCUT2D eigenvalue weighted by molar-refractivity contribution is -0.373. The van der Waals surface area contributed by atoms with E-state index in [0.29, 0.717) is 62.4 Å². The maximum absolute atomic E-state index is 16.6. The van der Waals surface area contributed by atoms with E-state index < -0.39 is 94.6 Å². The summed E-state index contributed by atoms with van der Waals surface area (Å²) in [5.74, 6) is -4.66. The van der Waals surface area contributed by atoms with Crippen LogP contribution in [0.2, 0.25) is 0 Å². The molecule has 0 radical (unpaired) electrons. The lowest BCUT2D eigenvalue weighted by Gasteiger charge is -2.68. The van der Waals surface area contributed by atoms with Crippen molar-refractivity contribution in [3.8, 4) is 17.2 Å². The number of ether oxygens (including phenoxy) is 8. The number of esters is 1. The molecule has 15 heteroatoms. The molecule has 3 saturated carbocycles. The number of morpholine rings is 1. The zero-order valence-corrected chi connectivity index (χ0v) is 41.0.